The highest BCUT2D eigenvalue weighted by Crippen LogP contribution is 2.33. The van der Waals surface area contributed by atoms with Crippen LogP contribution in [0.1, 0.15) is 12.8 Å². The molecule has 0 saturated heterocycles. The van der Waals surface area contributed by atoms with Crippen molar-refractivity contribution in [3.63, 3.8) is 0 Å². The molecule has 0 bridgehead atoms. The van der Waals surface area contributed by atoms with Gasteiger partial charge in [0.25, 0.3) is 6.43 Å². The first-order valence-corrected chi connectivity index (χ1v) is 7.72. The lowest BCUT2D eigenvalue weighted by Crippen LogP contribution is -2.39. The molecule has 2 rings (SSSR count). The molecule has 1 heterocycles. The first-order chi connectivity index (χ1) is 9.42. The number of hydrogen-bond acceptors (Lipinski definition) is 4. The smallest absolute Gasteiger partial charge is 0.257 e. The quantitative estimate of drug-likeness (QED) is 0.773. The van der Waals surface area contributed by atoms with E-state index in [0.29, 0.717) is 0 Å². The van der Waals surface area contributed by atoms with Crippen molar-refractivity contribution in [1.29, 1.82) is 0 Å². The summed E-state index contributed by atoms with van der Waals surface area (Å²) in [6.45, 7) is -0.339. The topological polar surface area (TPSA) is 73.2 Å². The van der Waals surface area contributed by atoms with Crippen LogP contribution in [0.2, 0.25) is 0 Å². The molecule has 1 saturated carbocycles. The molecule has 1 aliphatic rings. The first-order valence-electron chi connectivity index (χ1n) is 6.24. The summed E-state index contributed by atoms with van der Waals surface area (Å²) >= 11 is 0. The van der Waals surface area contributed by atoms with Crippen LogP contribution >= 0.6 is 0 Å². The molecule has 0 aromatic carbocycles. The van der Waals surface area contributed by atoms with Gasteiger partial charge in [-0.1, -0.05) is 0 Å². The minimum Gasteiger partial charge on any atom is -0.383 e. The molecule has 0 radical (unpaired) electrons. The van der Waals surface area contributed by atoms with E-state index in [1.807, 2.05) is 0 Å². The number of ether oxygens (including phenoxy) is 1. The minimum absolute atomic E-state index is 0.111. The Morgan fingerprint density at radius 1 is 1.55 bits per heavy atom. The van der Waals surface area contributed by atoms with Crippen molar-refractivity contribution in [2.75, 3.05) is 13.7 Å². The van der Waals surface area contributed by atoms with Crippen molar-refractivity contribution < 1.29 is 21.9 Å². The van der Waals surface area contributed by atoms with Crippen molar-refractivity contribution in [3.8, 4) is 0 Å². The molecule has 1 aromatic rings. The van der Waals surface area contributed by atoms with E-state index in [2.05, 4.69) is 9.82 Å². The van der Waals surface area contributed by atoms with Crippen LogP contribution < -0.4 is 4.72 Å². The number of hydrogen-bond donors (Lipinski definition) is 1. The lowest BCUT2D eigenvalue weighted by Gasteiger charge is -2.16. The van der Waals surface area contributed by atoms with Crippen LogP contribution in [-0.4, -0.2) is 44.4 Å². The second-order valence-electron chi connectivity index (χ2n) is 4.81. The van der Waals surface area contributed by atoms with Crippen LogP contribution in [0.5, 0.6) is 0 Å². The molecule has 1 unspecified atom stereocenters. The average molecular weight is 309 g/mol. The number of aromatic nitrogens is 2. The lowest BCUT2D eigenvalue weighted by molar-refractivity contribution is 0.121. The van der Waals surface area contributed by atoms with Crippen LogP contribution in [0.15, 0.2) is 17.3 Å². The molecule has 1 N–H and O–H groups in total. The number of alkyl halides is 2. The van der Waals surface area contributed by atoms with Gasteiger partial charge in [-0.3, -0.25) is 4.68 Å². The molecule has 20 heavy (non-hydrogen) atoms. The Morgan fingerprint density at radius 2 is 2.25 bits per heavy atom. The van der Waals surface area contributed by atoms with Gasteiger partial charge in [0.15, 0.2) is 0 Å². The third-order valence-electron chi connectivity index (χ3n) is 3.09. The van der Waals surface area contributed by atoms with E-state index in [1.165, 1.54) is 7.11 Å². The highest BCUT2D eigenvalue weighted by molar-refractivity contribution is 7.89. The molecule has 0 amide bonds. The monoisotopic (exact) mass is 309 g/mol. The molecule has 114 valence electrons. The molecule has 1 fully saturated rings. The fourth-order valence-corrected chi connectivity index (χ4v) is 3.18. The third-order valence-corrected chi connectivity index (χ3v) is 4.53. The Morgan fingerprint density at radius 3 is 2.80 bits per heavy atom. The molecule has 1 atom stereocenters. The maximum absolute atomic E-state index is 12.2. The highest BCUT2D eigenvalue weighted by atomic mass is 32.2. The van der Waals surface area contributed by atoms with Crippen molar-refractivity contribution in [2.45, 2.75) is 36.7 Å². The number of nitrogens with one attached hydrogen (secondary N) is 1. The summed E-state index contributed by atoms with van der Waals surface area (Å²) in [5, 5.41) is 3.62. The predicted octanol–water partition coefficient (Wildman–Crippen LogP) is 0.851. The number of nitrogens with zero attached hydrogens (tertiary/aromatic N) is 2. The van der Waals surface area contributed by atoms with Crippen LogP contribution in [0.3, 0.4) is 0 Å². The largest absolute Gasteiger partial charge is 0.383 e. The molecular formula is C11H17F2N3O3S. The number of methoxy groups -OCH3 is 1. The van der Waals surface area contributed by atoms with Crippen LogP contribution in [0, 0.1) is 5.92 Å². The fourth-order valence-electron chi connectivity index (χ4n) is 1.94. The van der Waals surface area contributed by atoms with Crippen molar-refractivity contribution in [1.82, 2.24) is 14.5 Å². The number of sulfonamides is 1. The number of halogens is 2. The second-order valence-corrected chi connectivity index (χ2v) is 6.52. The Balaban J connectivity index is 2.06. The van der Waals surface area contributed by atoms with E-state index >= 15 is 0 Å². The van der Waals surface area contributed by atoms with Gasteiger partial charge in [0, 0.05) is 19.3 Å². The minimum atomic E-state index is -3.76. The highest BCUT2D eigenvalue weighted by Gasteiger charge is 2.34. The zero-order valence-electron chi connectivity index (χ0n) is 11.0. The van der Waals surface area contributed by atoms with Gasteiger partial charge < -0.3 is 4.74 Å². The van der Waals surface area contributed by atoms with E-state index in [0.717, 1.165) is 29.9 Å². The molecule has 1 aromatic heterocycles. The zero-order valence-corrected chi connectivity index (χ0v) is 11.8. The summed E-state index contributed by atoms with van der Waals surface area (Å²) in [5.74, 6) is 0.279. The van der Waals surface area contributed by atoms with Crippen LogP contribution in [0.25, 0.3) is 0 Å². The number of rotatable bonds is 8. The van der Waals surface area contributed by atoms with Gasteiger partial charge in [0.2, 0.25) is 10.0 Å². The molecule has 9 heteroatoms. The summed E-state index contributed by atoms with van der Waals surface area (Å²) in [6, 6.07) is -0.288. The van der Waals surface area contributed by atoms with Gasteiger partial charge in [-0.05, 0) is 18.8 Å². The summed E-state index contributed by atoms with van der Waals surface area (Å²) < 4.78 is 57.2. The van der Waals surface area contributed by atoms with Crippen molar-refractivity contribution in [3.05, 3.63) is 12.4 Å². The molecule has 0 aliphatic heterocycles. The maximum Gasteiger partial charge on any atom is 0.257 e. The van der Waals surface area contributed by atoms with Gasteiger partial charge in [-0.15, -0.1) is 0 Å². The Hall–Kier alpha value is -1.06. The van der Waals surface area contributed by atoms with Gasteiger partial charge >= 0.3 is 0 Å². The summed E-state index contributed by atoms with van der Waals surface area (Å²) in [5.41, 5.74) is 0. The van der Waals surface area contributed by atoms with Gasteiger partial charge in [-0.2, -0.15) is 5.10 Å². The molecule has 0 spiro atoms. The normalized spacial score (nSPS) is 17.6. The predicted molar refractivity (Wildman–Crippen MR) is 66.9 cm³/mol. The van der Waals surface area contributed by atoms with Gasteiger partial charge in [0.05, 0.1) is 12.8 Å². The van der Waals surface area contributed by atoms with E-state index in [4.69, 9.17) is 4.74 Å². The molecule has 6 nitrogen and oxygen atoms in total. The Bertz CT molecular complexity index is 543. The van der Waals surface area contributed by atoms with Crippen molar-refractivity contribution in [2.24, 2.45) is 5.92 Å². The standard InChI is InChI=1S/C11H17F2N3O3S/c1-19-7-10(8-2-3-8)15-20(17,18)9-4-14-16(5-9)6-11(12)13/h4-5,8,10-11,15H,2-3,6-7H2,1H3. The lowest BCUT2D eigenvalue weighted by atomic mass is 10.2. The SMILES string of the molecule is COCC(NS(=O)(=O)c1cnn(CC(F)F)c1)C1CC1. The average Bonchev–Trinajstić information content (AvgIpc) is 3.08. The van der Waals surface area contributed by atoms with E-state index < -0.39 is 23.0 Å². The van der Waals surface area contributed by atoms with Crippen molar-refractivity contribution >= 4 is 10.0 Å². The Labute approximate surface area is 116 Å². The first kappa shape index (κ1) is 15.3. The van der Waals surface area contributed by atoms with E-state index in [9.17, 15) is 17.2 Å². The van der Waals surface area contributed by atoms with E-state index in [-0.39, 0.29) is 23.5 Å². The second kappa shape index (κ2) is 6.15. The fraction of sp³-hybridized carbons (Fsp3) is 0.727. The third kappa shape index (κ3) is 3.97. The summed E-state index contributed by atoms with van der Waals surface area (Å²) in [4.78, 5) is -0.111. The Kier molecular flexibility index (Phi) is 4.71. The zero-order chi connectivity index (χ0) is 14.8. The van der Waals surface area contributed by atoms with E-state index in [1.54, 1.807) is 0 Å². The molecular weight excluding hydrogens is 292 g/mol. The van der Waals surface area contributed by atoms with Crippen LogP contribution in [-0.2, 0) is 21.3 Å². The maximum atomic E-state index is 12.2. The van der Waals surface area contributed by atoms with Gasteiger partial charge in [0.1, 0.15) is 11.4 Å². The summed E-state index contributed by atoms with van der Waals surface area (Å²) in [6.07, 6.45) is 1.51. The van der Waals surface area contributed by atoms with Crippen LogP contribution in [0.4, 0.5) is 8.78 Å². The molecule has 1 aliphatic carbocycles. The summed E-state index contributed by atoms with van der Waals surface area (Å²) in [7, 11) is -2.26. The van der Waals surface area contributed by atoms with Gasteiger partial charge in [-0.25, -0.2) is 21.9 Å².